The summed E-state index contributed by atoms with van der Waals surface area (Å²) in [6.07, 6.45) is 0. The Labute approximate surface area is 127 Å². The third-order valence-corrected chi connectivity index (χ3v) is 3.67. The molecular formula is C14H18BrN3O2. The molecule has 0 aliphatic carbocycles. The van der Waals surface area contributed by atoms with E-state index in [0.717, 1.165) is 17.6 Å². The van der Waals surface area contributed by atoms with E-state index in [0.29, 0.717) is 24.2 Å². The number of carbonyl (C=O) groups excluding carboxylic acids is 2. The van der Waals surface area contributed by atoms with Gasteiger partial charge in [-0.2, -0.15) is 0 Å². The summed E-state index contributed by atoms with van der Waals surface area (Å²) in [4.78, 5) is 27.7. The molecule has 0 bridgehead atoms. The molecule has 0 saturated carbocycles. The predicted octanol–water partition coefficient (Wildman–Crippen LogP) is 1.20. The van der Waals surface area contributed by atoms with Crippen molar-refractivity contribution >= 4 is 27.7 Å². The molecule has 0 spiro atoms. The lowest BCUT2D eigenvalue weighted by Gasteiger charge is -2.15. The van der Waals surface area contributed by atoms with Crippen LogP contribution in [0, 0.1) is 0 Å². The SMILES string of the molecule is CN(C)CCNCCN1C(=O)c2ccc(Br)cc2C1=O. The zero-order valence-corrected chi connectivity index (χ0v) is 13.2. The summed E-state index contributed by atoms with van der Waals surface area (Å²) in [5, 5.41) is 3.23. The van der Waals surface area contributed by atoms with Crippen molar-refractivity contribution in [3.05, 3.63) is 33.8 Å². The maximum atomic E-state index is 12.2. The number of nitrogens with one attached hydrogen (secondary N) is 1. The lowest BCUT2D eigenvalue weighted by Crippen LogP contribution is -2.37. The van der Waals surface area contributed by atoms with Crippen molar-refractivity contribution in [1.82, 2.24) is 15.1 Å². The van der Waals surface area contributed by atoms with E-state index >= 15 is 0 Å². The van der Waals surface area contributed by atoms with Crippen molar-refractivity contribution in [2.24, 2.45) is 0 Å². The van der Waals surface area contributed by atoms with Gasteiger partial charge in [-0.05, 0) is 32.3 Å². The van der Waals surface area contributed by atoms with Crippen LogP contribution in [0.1, 0.15) is 20.7 Å². The summed E-state index contributed by atoms with van der Waals surface area (Å²) in [6, 6.07) is 5.18. The Hall–Kier alpha value is -1.24. The highest BCUT2D eigenvalue weighted by Crippen LogP contribution is 2.25. The number of hydrogen-bond donors (Lipinski definition) is 1. The van der Waals surface area contributed by atoms with E-state index in [1.54, 1.807) is 18.2 Å². The number of amides is 2. The van der Waals surface area contributed by atoms with Gasteiger partial charge in [0.05, 0.1) is 11.1 Å². The second kappa shape index (κ2) is 6.47. The molecule has 0 atom stereocenters. The molecule has 1 N–H and O–H groups in total. The number of benzene rings is 1. The molecule has 6 heteroatoms. The highest BCUT2D eigenvalue weighted by Gasteiger charge is 2.34. The summed E-state index contributed by atoms with van der Waals surface area (Å²) in [7, 11) is 4.01. The number of fused-ring (bicyclic) bond motifs is 1. The molecule has 0 saturated heterocycles. The number of hydrogen-bond acceptors (Lipinski definition) is 4. The van der Waals surface area contributed by atoms with Crippen LogP contribution in [0.25, 0.3) is 0 Å². The van der Waals surface area contributed by atoms with E-state index in [4.69, 9.17) is 0 Å². The van der Waals surface area contributed by atoms with Gasteiger partial charge in [-0.1, -0.05) is 15.9 Å². The van der Waals surface area contributed by atoms with E-state index in [1.165, 1.54) is 4.90 Å². The lowest BCUT2D eigenvalue weighted by atomic mass is 10.1. The quantitative estimate of drug-likeness (QED) is 0.625. The van der Waals surface area contributed by atoms with Gasteiger partial charge in [0.1, 0.15) is 0 Å². The maximum Gasteiger partial charge on any atom is 0.261 e. The zero-order chi connectivity index (χ0) is 14.7. The topological polar surface area (TPSA) is 52.6 Å². The summed E-state index contributed by atoms with van der Waals surface area (Å²) >= 11 is 3.32. The van der Waals surface area contributed by atoms with Crippen molar-refractivity contribution in [1.29, 1.82) is 0 Å². The van der Waals surface area contributed by atoms with Crippen LogP contribution >= 0.6 is 15.9 Å². The normalized spacial score (nSPS) is 14.3. The molecule has 5 nitrogen and oxygen atoms in total. The molecule has 1 aromatic rings. The van der Waals surface area contributed by atoms with E-state index < -0.39 is 0 Å². The Bertz CT molecular complexity index is 531. The van der Waals surface area contributed by atoms with E-state index in [9.17, 15) is 9.59 Å². The first-order chi connectivity index (χ1) is 9.50. The Morgan fingerprint density at radius 1 is 1.15 bits per heavy atom. The van der Waals surface area contributed by atoms with Crippen LogP contribution in [0.2, 0.25) is 0 Å². The van der Waals surface area contributed by atoms with E-state index in [-0.39, 0.29) is 11.8 Å². The molecule has 0 unspecified atom stereocenters. The Balaban J connectivity index is 1.92. The molecule has 0 radical (unpaired) electrons. The molecule has 2 amide bonds. The fourth-order valence-corrected chi connectivity index (χ4v) is 2.45. The van der Waals surface area contributed by atoms with Gasteiger partial charge in [-0.25, -0.2) is 0 Å². The third kappa shape index (κ3) is 3.26. The highest BCUT2D eigenvalue weighted by molar-refractivity contribution is 9.10. The zero-order valence-electron chi connectivity index (χ0n) is 11.6. The molecule has 1 aliphatic heterocycles. The monoisotopic (exact) mass is 339 g/mol. The van der Waals surface area contributed by atoms with Crippen molar-refractivity contribution in [2.75, 3.05) is 40.3 Å². The first kappa shape index (κ1) is 15.2. The van der Waals surface area contributed by atoms with Crippen LogP contribution in [0.15, 0.2) is 22.7 Å². The van der Waals surface area contributed by atoms with Gasteiger partial charge >= 0.3 is 0 Å². The van der Waals surface area contributed by atoms with Crippen LogP contribution in [0.4, 0.5) is 0 Å². The van der Waals surface area contributed by atoms with Crippen LogP contribution in [-0.4, -0.2) is 61.9 Å². The minimum absolute atomic E-state index is 0.202. The van der Waals surface area contributed by atoms with E-state index in [1.807, 2.05) is 14.1 Å². The predicted molar refractivity (Wildman–Crippen MR) is 80.9 cm³/mol. The number of imide groups is 1. The second-order valence-electron chi connectivity index (χ2n) is 5.01. The molecule has 20 heavy (non-hydrogen) atoms. The number of nitrogens with zero attached hydrogens (tertiary/aromatic N) is 2. The van der Waals surface area contributed by atoms with Gasteiger partial charge in [0, 0.05) is 30.7 Å². The van der Waals surface area contributed by atoms with Gasteiger partial charge < -0.3 is 10.2 Å². The third-order valence-electron chi connectivity index (χ3n) is 3.18. The molecule has 108 valence electrons. The first-order valence-electron chi connectivity index (χ1n) is 6.52. The van der Waals surface area contributed by atoms with E-state index in [2.05, 4.69) is 26.1 Å². The number of rotatable bonds is 6. The minimum Gasteiger partial charge on any atom is -0.314 e. The average Bonchev–Trinajstić information content (AvgIpc) is 2.62. The lowest BCUT2D eigenvalue weighted by molar-refractivity contribution is 0.0655. The van der Waals surface area contributed by atoms with Gasteiger partial charge in [0.2, 0.25) is 0 Å². The van der Waals surface area contributed by atoms with Crippen molar-refractivity contribution in [2.45, 2.75) is 0 Å². The Kier molecular flexibility index (Phi) is 4.91. The minimum atomic E-state index is -0.208. The standard InChI is InChI=1S/C14H18BrN3O2/c1-17(2)7-5-16-6-8-18-13(19)11-4-3-10(15)9-12(11)14(18)20/h3-4,9,16H,5-8H2,1-2H3. The number of carbonyl (C=O) groups is 2. The maximum absolute atomic E-state index is 12.2. The van der Waals surface area contributed by atoms with Gasteiger partial charge in [-0.15, -0.1) is 0 Å². The van der Waals surface area contributed by atoms with Crippen LogP contribution in [0.5, 0.6) is 0 Å². The van der Waals surface area contributed by atoms with Crippen LogP contribution < -0.4 is 5.32 Å². The second-order valence-corrected chi connectivity index (χ2v) is 5.92. The molecule has 0 aromatic heterocycles. The Morgan fingerprint density at radius 3 is 2.55 bits per heavy atom. The van der Waals surface area contributed by atoms with Gasteiger partial charge in [0.15, 0.2) is 0 Å². The van der Waals surface area contributed by atoms with Crippen molar-refractivity contribution in [3.8, 4) is 0 Å². The summed E-state index contributed by atoms with van der Waals surface area (Å²) in [5.41, 5.74) is 0.976. The Morgan fingerprint density at radius 2 is 1.85 bits per heavy atom. The average molecular weight is 340 g/mol. The summed E-state index contributed by atoms with van der Waals surface area (Å²) < 4.78 is 0.809. The molecule has 1 aliphatic rings. The number of halogens is 1. The smallest absolute Gasteiger partial charge is 0.261 e. The molecular weight excluding hydrogens is 322 g/mol. The van der Waals surface area contributed by atoms with Crippen molar-refractivity contribution < 1.29 is 9.59 Å². The fraction of sp³-hybridized carbons (Fsp3) is 0.429. The fourth-order valence-electron chi connectivity index (χ4n) is 2.08. The summed E-state index contributed by atoms with van der Waals surface area (Å²) in [5.74, 6) is -0.410. The molecule has 1 heterocycles. The van der Waals surface area contributed by atoms with Gasteiger partial charge in [0.25, 0.3) is 11.8 Å². The first-order valence-corrected chi connectivity index (χ1v) is 7.31. The largest absolute Gasteiger partial charge is 0.314 e. The molecule has 2 rings (SSSR count). The highest BCUT2D eigenvalue weighted by atomic mass is 79.9. The van der Waals surface area contributed by atoms with Crippen molar-refractivity contribution in [3.63, 3.8) is 0 Å². The number of likely N-dealkylation sites (N-methyl/N-ethyl adjacent to an activating group) is 1. The van der Waals surface area contributed by atoms with Crippen LogP contribution in [-0.2, 0) is 0 Å². The summed E-state index contributed by atoms with van der Waals surface area (Å²) in [6.45, 7) is 2.77. The molecule has 0 fully saturated rings. The van der Waals surface area contributed by atoms with Gasteiger partial charge in [-0.3, -0.25) is 14.5 Å². The molecule has 1 aromatic carbocycles. The van der Waals surface area contributed by atoms with Crippen LogP contribution in [0.3, 0.4) is 0 Å².